The third-order valence-corrected chi connectivity index (χ3v) is 4.28. The molecule has 0 spiro atoms. The minimum Gasteiger partial charge on any atom is -0.493 e. The third-order valence-electron chi connectivity index (χ3n) is 4.28. The standard InChI is InChI=1S/C20H21N3O3/c1-3-11-23-19(22-16-7-5-4-6-15(16)20(23)24)14-8-9-17(26-12-10-21)18(13-14)25-2/h4-9,13,19,22H,3,11-12H2,1-2H3/t19-/m0/s1. The number of methoxy groups -OCH3 is 1. The number of benzene rings is 2. The van der Waals surface area contributed by atoms with Crippen molar-refractivity contribution in [2.45, 2.75) is 19.5 Å². The summed E-state index contributed by atoms with van der Waals surface area (Å²) in [7, 11) is 1.55. The summed E-state index contributed by atoms with van der Waals surface area (Å²) in [5.41, 5.74) is 2.39. The number of hydrogen-bond donors (Lipinski definition) is 1. The van der Waals surface area contributed by atoms with Gasteiger partial charge in [-0.2, -0.15) is 5.26 Å². The number of ether oxygens (including phenoxy) is 2. The van der Waals surface area contributed by atoms with Gasteiger partial charge in [-0.25, -0.2) is 0 Å². The van der Waals surface area contributed by atoms with Crippen LogP contribution < -0.4 is 14.8 Å². The normalized spacial score (nSPS) is 15.7. The van der Waals surface area contributed by atoms with Crippen LogP contribution in [0.25, 0.3) is 0 Å². The van der Waals surface area contributed by atoms with E-state index in [1.807, 2.05) is 54.3 Å². The summed E-state index contributed by atoms with van der Waals surface area (Å²) in [5.74, 6) is 1.04. The largest absolute Gasteiger partial charge is 0.493 e. The second-order valence-electron chi connectivity index (χ2n) is 5.95. The van der Waals surface area contributed by atoms with Gasteiger partial charge in [0, 0.05) is 12.2 Å². The first kappa shape index (κ1) is 17.6. The van der Waals surface area contributed by atoms with Crippen LogP contribution in [0.2, 0.25) is 0 Å². The van der Waals surface area contributed by atoms with Gasteiger partial charge in [0.15, 0.2) is 18.1 Å². The Bertz CT molecular complexity index is 844. The average molecular weight is 351 g/mol. The molecule has 1 heterocycles. The SMILES string of the molecule is CCCN1C(=O)c2ccccc2N[C@@H]1c1ccc(OCC#N)c(OC)c1. The summed E-state index contributed by atoms with van der Waals surface area (Å²) in [5, 5.41) is 12.1. The fourth-order valence-electron chi connectivity index (χ4n) is 3.11. The van der Waals surface area contributed by atoms with Crippen LogP contribution in [0.3, 0.4) is 0 Å². The Balaban J connectivity index is 1.98. The van der Waals surface area contributed by atoms with Crippen LogP contribution in [0, 0.1) is 11.3 Å². The van der Waals surface area contributed by atoms with Gasteiger partial charge >= 0.3 is 0 Å². The predicted molar refractivity (Wildman–Crippen MR) is 98.2 cm³/mol. The molecule has 0 bridgehead atoms. The molecule has 1 aliphatic heterocycles. The van der Waals surface area contributed by atoms with Crippen LogP contribution in [0.5, 0.6) is 11.5 Å². The van der Waals surface area contributed by atoms with Crippen molar-refractivity contribution in [3.05, 3.63) is 53.6 Å². The molecule has 0 radical (unpaired) electrons. The van der Waals surface area contributed by atoms with E-state index < -0.39 is 0 Å². The van der Waals surface area contributed by atoms with Crippen molar-refractivity contribution in [1.82, 2.24) is 4.90 Å². The van der Waals surface area contributed by atoms with Crippen LogP contribution >= 0.6 is 0 Å². The molecule has 0 fully saturated rings. The molecule has 0 saturated heterocycles. The number of para-hydroxylation sites is 1. The lowest BCUT2D eigenvalue weighted by molar-refractivity contribution is 0.0683. The number of fused-ring (bicyclic) bond motifs is 1. The van der Waals surface area contributed by atoms with Crippen LogP contribution in [-0.2, 0) is 0 Å². The van der Waals surface area contributed by atoms with Crippen molar-refractivity contribution in [3.8, 4) is 17.6 Å². The van der Waals surface area contributed by atoms with E-state index in [0.717, 1.165) is 17.7 Å². The van der Waals surface area contributed by atoms with Crippen molar-refractivity contribution < 1.29 is 14.3 Å². The molecule has 134 valence electrons. The van der Waals surface area contributed by atoms with Crippen molar-refractivity contribution in [1.29, 1.82) is 5.26 Å². The lowest BCUT2D eigenvalue weighted by Gasteiger charge is -2.38. The number of nitriles is 1. The van der Waals surface area contributed by atoms with Gasteiger partial charge in [-0.05, 0) is 36.2 Å². The number of nitrogens with one attached hydrogen (secondary N) is 1. The molecular formula is C20H21N3O3. The molecule has 2 aromatic rings. The Morgan fingerprint density at radius 2 is 2.04 bits per heavy atom. The molecule has 0 aromatic heterocycles. The Morgan fingerprint density at radius 3 is 2.77 bits per heavy atom. The fourth-order valence-corrected chi connectivity index (χ4v) is 3.11. The second-order valence-corrected chi connectivity index (χ2v) is 5.95. The molecule has 2 aromatic carbocycles. The molecule has 0 aliphatic carbocycles. The van der Waals surface area contributed by atoms with Gasteiger partial charge in [-0.3, -0.25) is 4.79 Å². The molecule has 3 rings (SSSR count). The zero-order valence-corrected chi connectivity index (χ0v) is 14.9. The topological polar surface area (TPSA) is 74.6 Å². The van der Waals surface area contributed by atoms with Crippen LogP contribution in [0.4, 0.5) is 5.69 Å². The summed E-state index contributed by atoms with van der Waals surface area (Å²) in [4.78, 5) is 14.8. The average Bonchev–Trinajstić information content (AvgIpc) is 2.68. The quantitative estimate of drug-likeness (QED) is 0.861. The maximum atomic E-state index is 12.9. The number of nitrogens with zero attached hydrogens (tertiary/aromatic N) is 2. The monoisotopic (exact) mass is 351 g/mol. The molecule has 0 unspecified atom stereocenters. The summed E-state index contributed by atoms with van der Waals surface area (Å²) in [6.07, 6.45) is 0.559. The molecular weight excluding hydrogens is 330 g/mol. The van der Waals surface area contributed by atoms with Gasteiger partial charge in [0.25, 0.3) is 5.91 Å². The lowest BCUT2D eigenvalue weighted by atomic mass is 10.0. The minimum atomic E-state index is -0.295. The highest BCUT2D eigenvalue weighted by atomic mass is 16.5. The summed E-state index contributed by atoms with van der Waals surface area (Å²) < 4.78 is 10.8. The maximum Gasteiger partial charge on any atom is 0.257 e. The first-order valence-electron chi connectivity index (χ1n) is 8.53. The molecule has 26 heavy (non-hydrogen) atoms. The predicted octanol–water partition coefficient (Wildman–Crippen LogP) is 3.57. The first-order valence-corrected chi connectivity index (χ1v) is 8.53. The number of carbonyl (C=O) groups is 1. The molecule has 6 heteroatoms. The van der Waals surface area contributed by atoms with Gasteiger partial charge in [0.05, 0.1) is 12.7 Å². The van der Waals surface area contributed by atoms with E-state index >= 15 is 0 Å². The number of anilines is 1. The Labute approximate surface area is 152 Å². The zero-order chi connectivity index (χ0) is 18.5. The second kappa shape index (κ2) is 7.79. The number of carbonyl (C=O) groups excluding carboxylic acids is 1. The molecule has 1 amide bonds. The van der Waals surface area contributed by atoms with E-state index in [-0.39, 0.29) is 18.7 Å². The molecule has 1 aliphatic rings. The van der Waals surface area contributed by atoms with Crippen molar-refractivity contribution in [2.24, 2.45) is 0 Å². The summed E-state index contributed by atoms with van der Waals surface area (Å²) in [6, 6.07) is 15.0. The van der Waals surface area contributed by atoms with Gasteiger partial charge < -0.3 is 19.7 Å². The Hall–Kier alpha value is -3.20. The first-order chi connectivity index (χ1) is 12.7. The van der Waals surface area contributed by atoms with E-state index in [0.29, 0.717) is 23.6 Å². The lowest BCUT2D eigenvalue weighted by Crippen LogP contribution is -2.43. The molecule has 6 nitrogen and oxygen atoms in total. The van der Waals surface area contributed by atoms with Gasteiger partial charge in [-0.1, -0.05) is 25.1 Å². The van der Waals surface area contributed by atoms with Crippen molar-refractivity contribution in [3.63, 3.8) is 0 Å². The number of hydrogen-bond acceptors (Lipinski definition) is 5. The van der Waals surface area contributed by atoms with Crippen LogP contribution in [0.15, 0.2) is 42.5 Å². The van der Waals surface area contributed by atoms with Crippen LogP contribution in [-0.4, -0.2) is 31.1 Å². The van der Waals surface area contributed by atoms with E-state index in [2.05, 4.69) is 5.32 Å². The summed E-state index contributed by atoms with van der Waals surface area (Å²) >= 11 is 0. The minimum absolute atomic E-state index is 0.00924. The van der Waals surface area contributed by atoms with E-state index in [1.165, 1.54) is 0 Å². The highest BCUT2D eigenvalue weighted by Gasteiger charge is 2.32. The zero-order valence-electron chi connectivity index (χ0n) is 14.9. The van der Waals surface area contributed by atoms with Gasteiger partial charge in [0.2, 0.25) is 0 Å². The Kier molecular flexibility index (Phi) is 5.28. The highest BCUT2D eigenvalue weighted by molar-refractivity contribution is 6.01. The Morgan fingerprint density at radius 1 is 1.23 bits per heavy atom. The van der Waals surface area contributed by atoms with Crippen LogP contribution in [0.1, 0.15) is 35.4 Å². The van der Waals surface area contributed by atoms with Gasteiger partial charge in [-0.15, -0.1) is 0 Å². The smallest absolute Gasteiger partial charge is 0.257 e. The fraction of sp³-hybridized carbons (Fsp3) is 0.300. The highest BCUT2D eigenvalue weighted by Crippen LogP contribution is 2.36. The van der Waals surface area contributed by atoms with E-state index in [9.17, 15) is 4.79 Å². The molecule has 1 atom stereocenters. The van der Waals surface area contributed by atoms with Crippen molar-refractivity contribution >= 4 is 11.6 Å². The van der Waals surface area contributed by atoms with Gasteiger partial charge in [0.1, 0.15) is 12.2 Å². The number of amides is 1. The van der Waals surface area contributed by atoms with E-state index in [4.69, 9.17) is 14.7 Å². The molecule has 0 saturated carbocycles. The van der Waals surface area contributed by atoms with Crippen molar-refractivity contribution in [2.75, 3.05) is 25.6 Å². The van der Waals surface area contributed by atoms with E-state index in [1.54, 1.807) is 13.2 Å². The molecule has 1 N–H and O–H groups in total. The number of rotatable bonds is 6. The third kappa shape index (κ3) is 3.29. The summed E-state index contributed by atoms with van der Waals surface area (Å²) in [6.45, 7) is 2.63. The maximum absolute atomic E-state index is 12.9.